The molecule has 9 nitrogen and oxygen atoms in total. The molecule has 0 saturated heterocycles. The number of urea groups is 1. The molecule has 0 aliphatic carbocycles. The molecular formula is C17H18FN5O4S2. The van der Waals surface area contributed by atoms with Crippen LogP contribution in [0.5, 0.6) is 0 Å². The van der Waals surface area contributed by atoms with Gasteiger partial charge in [0.05, 0.1) is 17.1 Å². The molecule has 0 saturated carbocycles. The van der Waals surface area contributed by atoms with E-state index < -0.39 is 21.7 Å². The van der Waals surface area contributed by atoms with Gasteiger partial charge in [-0.15, -0.1) is 10.2 Å². The van der Waals surface area contributed by atoms with Crippen molar-refractivity contribution in [1.82, 2.24) is 20.5 Å². The average Bonchev–Trinajstić information content (AvgIpc) is 3.25. The highest BCUT2D eigenvalue weighted by Crippen LogP contribution is 2.34. The lowest BCUT2D eigenvalue weighted by Gasteiger charge is -2.04. The summed E-state index contributed by atoms with van der Waals surface area (Å²) >= 11 is 1.14. The summed E-state index contributed by atoms with van der Waals surface area (Å²) in [6.45, 7) is 3.65. The van der Waals surface area contributed by atoms with Crippen LogP contribution < -0.4 is 10.6 Å². The smallest absolute Gasteiger partial charge is 0.321 e. The fourth-order valence-electron chi connectivity index (χ4n) is 2.46. The number of rotatable bonds is 6. The Hall–Kier alpha value is -2.86. The summed E-state index contributed by atoms with van der Waals surface area (Å²) in [6.07, 6.45) is 1.55. The van der Waals surface area contributed by atoms with E-state index in [-0.39, 0.29) is 17.3 Å². The molecule has 2 N–H and O–H groups in total. The Kier molecular flexibility index (Phi) is 5.94. The summed E-state index contributed by atoms with van der Waals surface area (Å²) < 4.78 is 42.6. The lowest BCUT2D eigenvalue weighted by molar-refractivity contribution is 0.250. The Morgan fingerprint density at radius 1 is 1.28 bits per heavy atom. The number of halogens is 1. The van der Waals surface area contributed by atoms with Crippen molar-refractivity contribution in [2.45, 2.75) is 31.7 Å². The van der Waals surface area contributed by atoms with E-state index in [2.05, 4.69) is 25.8 Å². The lowest BCUT2D eigenvalue weighted by Crippen LogP contribution is -2.28. The number of nitrogens with one attached hydrogen (secondary N) is 2. The molecule has 0 atom stereocenters. The number of nitrogens with zero attached hydrogens (tertiary/aromatic N) is 3. The van der Waals surface area contributed by atoms with Crippen molar-refractivity contribution in [2.75, 3.05) is 11.6 Å². The van der Waals surface area contributed by atoms with Crippen LogP contribution in [0.3, 0.4) is 0 Å². The molecule has 154 valence electrons. The number of hydrogen-bond donors (Lipinski definition) is 2. The third kappa shape index (κ3) is 4.95. The molecule has 0 aliphatic heterocycles. The maximum absolute atomic E-state index is 14.2. The van der Waals surface area contributed by atoms with Crippen LogP contribution in [0.15, 0.2) is 27.5 Å². The van der Waals surface area contributed by atoms with Crippen LogP contribution in [-0.4, -0.2) is 35.9 Å². The van der Waals surface area contributed by atoms with Crippen molar-refractivity contribution in [1.29, 1.82) is 0 Å². The minimum atomic E-state index is -3.65. The topological polar surface area (TPSA) is 127 Å². The van der Waals surface area contributed by atoms with Gasteiger partial charge in [0, 0.05) is 12.7 Å². The molecule has 0 fully saturated rings. The Morgan fingerprint density at radius 3 is 2.62 bits per heavy atom. The van der Waals surface area contributed by atoms with Gasteiger partial charge in [-0.3, -0.25) is 5.32 Å². The van der Waals surface area contributed by atoms with Gasteiger partial charge in [-0.05, 0) is 24.6 Å². The van der Waals surface area contributed by atoms with Gasteiger partial charge in [0.15, 0.2) is 15.0 Å². The number of aromatic nitrogens is 3. The summed E-state index contributed by atoms with van der Waals surface area (Å²) in [4.78, 5) is 16.6. The minimum Gasteiger partial charge on any atom is -0.423 e. The van der Waals surface area contributed by atoms with E-state index in [0.29, 0.717) is 33.6 Å². The van der Waals surface area contributed by atoms with Gasteiger partial charge < -0.3 is 9.73 Å². The van der Waals surface area contributed by atoms with Crippen LogP contribution in [-0.2, 0) is 22.8 Å². The predicted octanol–water partition coefficient (Wildman–Crippen LogP) is 2.93. The third-order valence-electron chi connectivity index (χ3n) is 3.82. The van der Waals surface area contributed by atoms with Crippen molar-refractivity contribution in [3.05, 3.63) is 41.5 Å². The van der Waals surface area contributed by atoms with Crippen LogP contribution in [0.25, 0.3) is 10.4 Å². The first-order chi connectivity index (χ1) is 13.7. The van der Waals surface area contributed by atoms with Crippen molar-refractivity contribution in [3.8, 4) is 10.4 Å². The number of amides is 2. The first-order valence-electron chi connectivity index (χ1n) is 8.51. The third-order valence-corrected chi connectivity index (χ3v) is 6.07. The zero-order chi connectivity index (χ0) is 21.2. The van der Waals surface area contributed by atoms with Crippen molar-refractivity contribution in [3.63, 3.8) is 0 Å². The van der Waals surface area contributed by atoms with E-state index in [9.17, 15) is 17.6 Å². The molecule has 0 radical (unpaired) electrons. The standard InChI is InChI=1S/C17H18FN5O4S2/c1-4-13-22-23-14(27-13)8-19-16(24)21-17-20-9(2)15(28-17)10-5-6-12(11(18)7-10)29(3,25)26/h5-7H,4,8H2,1-3H3,(H2,19,20,21,24). The molecule has 2 amide bonds. The van der Waals surface area contributed by atoms with Gasteiger partial charge in [0.2, 0.25) is 11.8 Å². The Bertz CT molecular complexity index is 1160. The molecular weight excluding hydrogens is 421 g/mol. The van der Waals surface area contributed by atoms with Crippen molar-refractivity contribution in [2.24, 2.45) is 0 Å². The molecule has 1 aromatic carbocycles. The van der Waals surface area contributed by atoms with E-state index in [1.54, 1.807) is 6.92 Å². The normalized spacial score (nSPS) is 11.4. The highest BCUT2D eigenvalue weighted by atomic mass is 32.2. The first kappa shape index (κ1) is 20.9. The second kappa shape index (κ2) is 8.25. The van der Waals surface area contributed by atoms with Gasteiger partial charge >= 0.3 is 6.03 Å². The first-order valence-corrected chi connectivity index (χ1v) is 11.2. The van der Waals surface area contributed by atoms with E-state index >= 15 is 0 Å². The van der Waals surface area contributed by atoms with E-state index in [1.165, 1.54) is 12.1 Å². The lowest BCUT2D eigenvalue weighted by atomic mass is 10.1. The van der Waals surface area contributed by atoms with E-state index in [0.717, 1.165) is 23.7 Å². The molecule has 29 heavy (non-hydrogen) atoms. The molecule has 2 aromatic heterocycles. The summed E-state index contributed by atoms with van der Waals surface area (Å²) in [7, 11) is -3.65. The number of hydrogen-bond acceptors (Lipinski definition) is 8. The maximum atomic E-state index is 14.2. The van der Waals surface area contributed by atoms with Crippen molar-refractivity contribution >= 4 is 32.3 Å². The summed E-state index contributed by atoms with van der Waals surface area (Å²) in [5.74, 6) is -0.0676. The Balaban J connectivity index is 1.70. The highest BCUT2D eigenvalue weighted by molar-refractivity contribution is 7.90. The number of carbonyl (C=O) groups is 1. The van der Waals surface area contributed by atoms with Gasteiger partial charge in [0.25, 0.3) is 0 Å². The molecule has 0 unspecified atom stereocenters. The second-order valence-corrected chi connectivity index (χ2v) is 9.08. The SMILES string of the molecule is CCc1nnc(CNC(=O)Nc2nc(C)c(-c3ccc(S(C)(=O)=O)c(F)c3)s2)o1. The zero-order valence-corrected chi connectivity index (χ0v) is 17.4. The molecule has 0 aliphatic rings. The minimum absolute atomic E-state index is 0.0637. The van der Waals surface area contributed by atoms with Crippen LogP contribution in [0.1, 0.15) is 24.4 Å². The fourth-order valence-corrected chi connectivity index (χ4v) is 4.15. The predicted molar refractivity (Wildman–Crippen MR) is 105 cm³/mol. The zero-order valence-electron chi connectivity index (χ0n) is 15.8. The van der Waals surface area contributed by atoms with Gasteiger partial charge in [-0.25, -0.2) is 22.6 Å². The quantitative estimate of drug-likeness (QED) is 0.604. The average molecular weight is 439 g/mol. The molecule has 3 aromatic rings. The number of benzene rings is 1. The molecule has 12 heteroatoms. The molecule has 0 spiro atoms. The number of aryl methyl sites for hydroxylation is 2. The maximum Gasteiger partial charge on any atom is 0.321 e. The monoisotopic (exact) mass is 439 g/mol. The fraction of sp³-hybridized carbons (Fsp3) is 0.294. The van der Waals surface area contributed by atoms with E-state index in [1.807, 2.05) is 6.92 Å². The Labute approximate surface area is 170 Å². The Morgan fingerprint density at radius 2 is 2.00 bits per heavy atom. The van der Waals surface area contributed by atoms with Crippen LogP contribution in [0, 0.1) is 12.7 Å². The van der Waals surface area contributed by atoms with Gasteiger partial charge in [0.1, 0.15) is 10.7 Å². The number of anilines is 1. The summed E-state index contributed by atoms with van der Waals surface area (Å²) in [6, 6.07) is 3.35. The van der Waals surface area contributed by atoms with Crippen LogP contribution in [0.2, 0.25) is 0 Å². The van der Waals surface area contributed by atoms with Crippen LogP contribution in [0.4, 0.5) is 14.3 Å². The molecule has 0 bridgehead atoms. The van der Waals surface area contributed by atoms with Crippen molar-refractivity contribution < 1.29 is 22.0 Å². The van der Waals surface area contributed by atoms with E-state index in [4.69, 9.17) is 4.42 Å². The molecule has 2 heterocycles. The van der Waals surface area contributed by atoms with Crippen LogP contribution >= 0.6 is 11.3 Å². The molecule has 3 rings (SSSR count). The summed E-state index contributed by atoms with van der Waals surface area (Å²) in [5, 5.41) is 13.1. The highest BCUT2D eigenvalue weighted by Gasteiger charge is 2.17. The number of sulfone groups is 1. The van der Waals surface area contributed by atoms with Gasteiger partial charge in [-0.2, -0.15) is 0 Å². The summed E-state index contributed by atoms with van der Waals surface area (Å²) in [5.41, 5.74) is 1.04. The second-order valence-electron chi connectivity index (χ2n) is 6.10. The van der Waals surface area contributed by atoms with Gasteiger partial charge in [-0.1, -0.05) is 24.3 Å². The number of thiazole rings is 1. The largest absolute Gasteiger partial charge is 0.423 e. The number of carbonyl (C=O) groups excluding carboxylic acids is 1.